The number of unbranched alkanes of at least 4 members (excludes halogenated alkanes) is 2. The van der Waals surface area contributed by atoms with Gasteiger partial charge in [0.05, 0.1) is 147 Å². The van der Waals surface area contributed by atoms with Crippen LogP contribution in [0.3, 0.4) is 0 Å². The summed E-state index contributed by atoms with van der Waals surface area (Å²) in [6.45, 7) is 37.2. The van der Waals surface area contributed by atoms with E-state index < -0.39 is 0 Å². The van der Waals surface area contributed by atoms with Gasteiger partial charge < -0.3 is 74.0 Å². The molecule has 1 amide bonds. The van der Waals surface area contributed by atoms with Crippen molar-refractivity contribution < 1.29 is 4.79 Å². The summed E-state index contributed by atoms with van der Waals surface area (Å²) in [7, 11) is 0. The second-order valence-electron chi connectivity index (χ2n) is 44.1. The van der Waals surface area contributed by atoms with Gasteiger partial charge in [-0.25, -0.2) is 9.98 Å². The molecule has 32 heteroatoms. The molecule has 2 saturated heterocycles. The molecule has 18 N–H and O–H groups in total. The number of likely N-dealkylation sites (N-methyl/N-ethyl adjacent to an activating group) is 1. The Hall–Kier alpha value is -13.7. The molecule has 9 atom stereocenters. The number of pyridine rings is 1. The zero-order valence-corrected chi connectivity index (χ0v) is 89.0. The van der Waals surface area contributed by atoms with Gasteiger partial charge >= 0.3 is 0 Å². The van der Waals surface area contributed by atoms with Crippen molar-refractivity contribution in [3.63, 3.8) is 0 Å². The molecule has 7 aliphatic carbocycles. The first-order valence-electron chi connectivity index (χ1n) is 55.4. The average Bonchev–Trinajstić information content (AvgIpc) is 1.51. The maximum atomic E-state index is 12.4. The quantitative estimate of drug-likeness (QED) is 0.0187. The number of fused-ring (bicyclic) bond motifs is 10. The summed E-state index contributed by atoms with van der Waals surface area (Å²) >= 11 is 0. The largest absolute Gasteiger partial charge is 0.402 e. The number of anilines is 2. The number of amides is 1. The molecule has 24 rings (SSSR count). The molecular weight excluding hydrogens is 1840 g/mol. The van der Waals surface area contributed by atoms with E-state index in [4.69, 9.17) is 21.1 Å². The SMILES string of the molecule is CC(N)=C(C=N)C(/C=C/C1CCCCC1)=Nc1cc2cn[nH]c2cc1N1CCNCC1.CCCC1=C(C)C2=C(C=CC3NN=C(NC(=O)C4CC4)C23)NC1c1cn[nH]c1C.CCCCCNC1=CC2NN=CC2C2=C1NC(c1cn[nH]c1C)C=C2C1CCCC1.CCCN(CC)C1=CC2NN=CC2C2=C1NC(c1cn[nH]c1C)C=C2C1CCC1.Cc1[nH]ncc1-c1cc(C(C)(C)C)c2c(n1)c(N1CCCCC1)cc1[nH]ncc12. The highest BCUT2D eigenvalue weighted by atomic mass is 16.2. The van der Waals surface area contributed by atoms with Crippen molar-refractivity contribution in [2.45, 2.75) is 279 Å². The zero-order valence-electron chi connectivity index (χ0n) is 89.0. The van der Waals surface area contributed by atoms with E-state index in [1.807, 2.05) is 44.1 Å². The van der Waals surface area contributed by atoms with Crippen LogP contribution in [0.1, 0.15) is 273 Å². The molecule has 6 fully saturated rings. The number of carbonyl (C=O) groups is 1. The van der Waals surface area contributed by atoms with Crippen molar-refractivity contribution in [3.05, 3.63) is 234 Å². The van der Waals surface area contributed by atoms with Crippen LogP contribution in [0.4, 0.5) is 17.1 Å². The van der Waals surface area contributed by atoms with E-state index in [2.05, 4.69) is 308 Å². The number of benzene rings is 2. The Morgan fingerprint density at radius 3 is 1.86 bits per heavy atom. The minimum atomic E-state index is -0.0295. The van der Waals surface area contributed by atoms with Crippen molar-refractivity contribution in [3.8, 4) is 11.3 Å². The Labute approximate surface area is 870 Å². The molecule has 780 valence electrons. The van der Waals surface area contributed by atoms with Crippen molar-refractivity contribution in [1.82, 2.24) is 119 Å². The fourth-order valence-electron chi connectivity index (χ4n) is 24.5. The lowest BCUT2D eigenvalue weighted by Crippen LogP contribution is -2.43. The summed E-state index contributed by atoms with van der Waals surface area (Å²) < 4.78 is 0. The number of nitrogens with two attached hydrogens (primary N) is 1. The summed E-state index contributed by atoms with van der Waals surface area (Å²) in [5.41, 5.74) is 52.0. The Morgan fingerprint density at radius 2 is 1.24 bits per heavy atom. The molecule has 9 aromatic rings. The van der Waals surface area contributed by atoms with Crippen molar-refractivity contribution >= 4 is 85.9 Å². The first-order chi connectivity index (χ1) is 72.1. The van der Waals surface area contributed by atoms with Gasteiger partial charge in [-0.2, -0.15) is 45.9 Å². The van der Waals surface area contributed by atoms with Crippen LogP contribution in [0, 0.1) is 74.5 Å². The molecular formula is C116H155N31O. The third kappa shape index (κ3) is 21.3. The number of piperazine rings is 1. The number of piperidine rings is 1. The molecule has 0 radical (unpaired) electrons. The number of hydrazone groups is 3. The van der Waals surface area contributed by atoms with Crippen molar-refractivity contribution in [2.75, 3.05) is 68.7 Å². The average molecular weight is 2000 g/mol. The minimum Gasteiger partial charge on any atom is -0.402 e. The van der Waals surface area contributed by atoms with Crippen LogP contribution < -0.4 is 63.7 Å². The van der Waals surface area contributed by atoms with Crippen LogP contribution >= 0.6 is 0 Å². The number of aromatic nitrogens is 13. The summed E-state index contributed by atoms with van der Waals surface area (Å²) in [4.78, 5) is 30.1. The lowest BCUT2D eigenvalue weighted by molar-refractivity contribution is -0.120. The number of aliphatic imine (C=N–C) groups is 1. The smallest absolute Gasteiger partial charge is 0.228 e. The second kappa shape index (κ2) is 45.2. The van der Waals surface area contributed by atoms with E-state index in [-0.39, 0.29) is 59.4 Å². The van der Waals surface area contributed by atoms with Crippen LogP contribution in [0.15, 0.2) is 209 Å². The molecule has 32 nitrogen and oxygen atoms in total. The number of dihydropyridines is 3. The van der Waals surface area contributed by atoms with Gasteiger partial charge in [0.1, 0.15) is 5.84 Å². The van der Waals surface area contributed by atoms with Crippen LogP contribution in [-0.2, 0) is 10.2 Å². The fraction of sp³-hybridized carbons (Fsp3) is 0.509. The fourth-order valence-corrected chi connectivity index (χ4v) is 24.5. The standard InChI is InChI=1S/C24H33N7.C24H34N6.C23H28N6.C23H32N6.C22H28N6O/c1-17(26)20(15-25)21(8-7-18-5-3-2-4-6-18)29-23-13-19-16-28-30-22(19)14-24(23)31-11-9-27-10-12-31;1-3-4-7-10-25-22-12-21-19(14-27-30-21)23-17(16-8-5-6-9-16)11-20(28-24(22)23)18-13-26-29-15(18)2;1-14-15(12-24-27-14)18-10-17(23(2,3)4)21-16-13-25-28-19(16)11-20(22(21)26-18)29-8-6-5-7-9-29;1-4-9-29(5-2)21-11-20-18(13-25-28-20)22-16(15-7-6-8-15)10-19(26-23(21)22)17-12-24-27-14(17)3;1-4-5-14-11(2)18-16(24-20(14)15-10-23-26-12(15)3)8-9-17-19(18)21(28-27-17)25-22(29)13-6-7-13/h7-8,13-16,18,25,27H,2-6,9-12,26H2,1H3,(H,28,30);11-14,16,19-21,25,28,30H,3-10H2,1-2H3,(H,26,29);10-13H,5-9H2,1-4H3,(H,24,27)(H,25,28);10-13,15,18-20,26,28H,4-9H2,1-3H3,(H,24,27);8-10,13,17,19-20,24,27H,4-7H2,1-3H3,(H,23,26)(H,25,28,29)/b8-7+,20-17?,25-15?,29-21?;;;;. The molecule has 0 spiro atoms. The van der Waals surface area contributed by atoms with Gasteiger partial charge in [-0.05, 0) is 255 Å². The van der Waals surface area contributed by atoms with E-state index in [1.165, 1.54) is 211 Å². The van der Waals surface area contributed by atoms with Gasteiger partial charge in [0.2, 0.25) is 5.91 Å². The summed E-state index contributed by atoms with van der Waals surface area (Å²) in [5.74, 6) is 3.58. The third-order valence-electron chi connectivity index (χ3n) is 32.9. The summed E-state index contributed by atoms with van der Waals surface area (Å²) in [6, 6.07) is 9.71. The number of aryl methyl sites for hydroxylation is 4. The highest BCUT2D eigenvalue weighted by Crippen LogP contribution is 2.52. The van der Waals surface area contributed by atoms with Gasteiger partial charge in [-0.3, -0.25) is 35.4 Å². The Morgan fingerprint density at radius 1 is 0.615 bits per heavy atom. The number of nitrogens with one attached hydrogen (secondary N) is 16. The lowest BCUT2D eigenvalue weighted by Gasteiger charge is -2.43. The van der Waals surface area contributed by atoms with Crippen LogP contribution in [0.2, 0.25) is 0 Å². The van der Waals surface area contributed by atoms with E-state index in [0.29, 0.717) is 40.9 Å². The van der Waals surface area contributed by atoms with Gasteiger partial charge in [0, 0.05) is 173 Å². The number of hydrogen-bond acceptors (Lipinski definition) is 25. The maximum Gasteiger partial charge on any atom is 0.228 e. The number of amidine groups is 1. The summed E-state index contributed by atoms with van der Waals surface area (Å²) in [6.07, 6.45) is 63.6. The van der Waals surface area contributed by atoms with Crippen molar-refractivity contribution in [1.29, 1.82) is 5.41 Å². The molecule has 8 aliphatic heterocycles. The molecule has 7 aromatic heterocycles. The molecule has 9 unspecified atom stereocenters. The number of allylic oxidation sites excluding steroid dienone is 8. The van der Waals surface area contributed by atoms with Gasteiger partial charge in [0.25, 0.3) is 0 Å². The third-order valence-corrected chi connectivity index (χ3v) is 32.9. The van der Waals surface area contributed by atoms with Gasteiger partial charge in [-0.15, -0.1) is 0 Å². The highest BCUT2D eigenvalue weighted by molar-refractivity contribution is 6.22. The summed E-state index contributed by atoms with van der Waals surface area (Å²) in [5, 5.41) is 90.9. The molecule has 4 saturated carbocycles. The predicted octanol–water partition coefficient (Wildman–Crippen LogP) is 19.4. The van der Waals surface area contributed by atoms with E-state index >= 15 is 0 Å². The van der Waals surface area contributed by atoms with Gasteiger partial charge in [0.15, 0.2) is 0 Å². The van der Waals surface area contributed by atoms with E-state index in [1.54, 1.807) is 5.57 Å². The van der Waals surface area contributed by atoms with Gasteiger partial charge in [-0.1, -0.05) is 124 Å². The molecule has 0 bridgehead atoms. The number of H-pyrrole nitrogens is 6. The molecule has 148 heavy (non-hydrogen) atoms. The number of carbonyl (C=O) groups excluding carboxylic acids is 1. The Kier molecular flexibility index (Phi) is 31.0. The van der Waals surface area contributed by atoms with Crippen LogP contribution in [0.25, 0.3) is 44.0 Å². The molecule has 15 heterocycles. The van der Waals surface area contributed by atoms with Crippen LogP contribution in [0.5, 0.6) is 0 Å². The highest BCUT2D eigenvalue weighted by Gasteiger charge is 2.47. The molecule has 15 aliphatic rings. The van der Waals surface area contributed by atoms with Crippen LogP contribution in [-0.4, -0.2) is 184 Å². The monoisotopic (exact) mass is 2000 g/mol. The minimum absolute atomic E-state index is 0.0295. The normalized spacial score (nSPS) is 23.8. The lowest BCUT2D eigenvalue weighted by atomic mass is 9.69. The topological polar surface area (TPSA) is 419 Å². The predicted molar refractivity (Wildman–Crippen MR) is 597 cm³/mol. The Bertz CT molecular complexity index is 6840. The number of nitrogens with zero attached hydrogens (tertiary/aromatic N) is 14. The number of hydrogen-bond donors (Lipinski definition) is 17. The molecule has 2 aromatic carbocycles. The van der Waals surface area contributed by atoms with Crippen molar-refractivity contribution in [2.24, 2.45) is 67.5 Å². The zero-order chi connectivity index (χ0) is 102. The first-order valence-corrected chi connectivity index (χ1v) is 55.4. The van der Waals surface area contributed by atoms with E-state index in [0.717, 1.165) is 181 Å². The second-order valence-corrected chi connectivity index (χ2v) is 44.1. The van der Waals surface area contributed by atoms with E-state index in [9.17, 15) is 4.79 Å². The number of rotatable bonds is 25. The Balaban J connectivity index is 0.000000112. The first kappa shape index (κ1) is 102. The maximum absolute atomic E-state index is 12.4. The number of aromatic amines is 6.